The first-order chi connectivity index (χ1) is 9.15. The van der Waals surface area contributed by atoms with E-state index in [0.717, 1.165) is 37.3 Å². The minimum Gasteiger partial charge on any atom is -0.458 e. The monoisotopic (exact) mass is 328 g/mol. The molecule has 2 rings (SSSR count). The molecule has 1 aliphatic heterocycles. The van der Waals surface area contributed by atoms with Crippen molar-refractivity contribution in [3.05, 3.63) is 28.5 Å². The van der Waals surface area contributed by atoms with Crippen molar-refractivity contribution >= 4 is 21.9 Å². The SMILES string of the molecule is C[C@@H](CN1CCOCC1)OC(=O)c1cncc(Br)c1. The summed E-state index contributed by atoms with van der Waals surface area (Å²) in [5.41, 5.74) is 0.461. The number of aromatic nitrogens is 1. The van der Waals surface area contributed by atoms with Crippen LogP contribution >= 0.6 is 15.9 Å². The molecule has 0 bridgehead atoms. The van der Waals surface area contributed by atoms with Gasteiger partial charge in [0, 0.05) is 36.5 Å². The van der Waals surface area contributed by atoms with Gasteiger partial charge >= 0.3 is 5.97 Å². The minimum absolute atomic E-state index is 0.149. The standard InChI is InChI=1S/C13H17BrN2O3/c1-10(9-16-2-4-18-5-3-16)19-13(17)11-6-12(14)8-15-7-11/h6-8,10H,2-5,9H2,1H3/t10-/m0/s1. The van der Waals surface area contributed by atoms with Crippen LogP contribution in [0.1, 0.15) is 17.3 Å². The third-order valence-corrected chi connectivity index (χ3v) is 3.30. The summed E-state index contributed by atoms with van der Waals surface area (Å²) >= 11 is 3.28. The molecule has 104 valence electrons. The van der Waals surface area contributed by atoms with Crippen molar-refractivity contribution in [1.82, 2.24) is 9.88 Å². The van der Waals surface area contributed by atoms with Gasteiger partial charge in [-0.05, 0) is 28.9 Å². The lowest BCUT2D eigenvalue weighted by Crippen LogP contribution is -2.41. The first-order valence-corrected chi connectivity index (χ1v) is 7.06. The summed E-state index contributed by atoms with van der Waals surface area (Å²) in [6.07, 6.45) is 2.99. The predicted octanol–water partition coefficient (Wildman–Crippen LogP) is 1.72. The highest BCUT2D eigenvalue weighted by Gasteiger charge is 2.17. The number of nitrogens with zero attached hydrogens (tertiary/aromatic N) is 2. The van der Waals surface area contributed by atoms with Gasteiger partial charge in [0.25, 0.3) is 0 Å². The lowest BCUT2D eigenvalue weighted by Gasteiger charge is -2.28. The first-order valence-electron chi connectivity index (χ1n) is 6.27. The average Bonchev–Trinajstić information content (AvgIpc) is 2.39. The molecule has 19 heavy (non-hydrogen) atoms. The topological polar surface area (TPSA) is 51.7 Å². The maximum Gasteiger partial charge on any atom is 0.340 e. The summed E-state index contributed by atoms with van der Waals surface area (Å²) < 4.78 is 11.5. The fourth-order valence-electron chi connectivity index (χ4n) is 1.96. The van der Waals surface area contributed by atoms with Crippen LogP contribution in [-0.4, -0.2) is 54.8 Å². The van der Waals surface area contributed by atoms with Crippen molar-refractivity contribution in [3.63, 3.8) is 0 Å². The van der Waals surface area contributed by atoms with Crippen LogP contribution in [0.15, 0.2) is 22.9 Å². The maximum atomic E-state index is 11.9. The fraction of sp³-hybridized carbons (Fsp3) is 0.538. The molecule has 0 radical (unpaired) electrons. The summed E-state index contributed by atoms with van der Waals surface area (Å²) in [6.45, 7) is 5.91. The Balaban J connectivity index is 1.84. The van der Waals surface area contributed by atoms with Crippen molar-refractivity contribution in [1.29, 1.82) is 0 Å². The van der Waals surface area contributed by atoms with E-state index in [2.05, 4.69) is 25.8 Å². The molecule has 0 saturated carbocycles. The van der Waals surface area contributed by atoms with Gasteiger partial charge in [0.05, 0.1) is 18.8 Å². The second-order valence-corrected chi connectivity index (χ2v) is 5.44. The van der Waals surface area contributed by atoms with Crippen LogP contribution in [0.3, 0.4) is 0 Å². The first kappa shape index (κ1) is 14.4. The second kappa shape index (κ2) is 6.98. The van der Waals surface area contributed by atoms with Crippen LogP contribution in [0.25, 0.3) is 0 Å². The highest BCUT2D eigenvalue weighted by molar-refractivity contribution is 9.10. The van der Waals surface area contributed by atoms with E-state index in [9.17, 15) is 4.79 Å². The molecule has 1 saturated heterocycles. The van der Waals surface area contributed by atoms with E-state index < -0.39 is 0 Å². The Morgan fingerprint density at radius 1 is 1.53 bits per heavy atom. The van der Waals surface area contributed by atoms with Gasteiger partial charge in [-0.2, -0.15) is 0 Å². The number of halogens is 1. The highest BCUT2D eigenvalue weighted by Crippen LogP contribution is 2.11. The molecule has 2 heterocycles. The largest absolute Gasteiger partial charge is 0.458 e. The Kier molecular flexibility index (Phi) is 5.30. The number of morpholine rings is 1. The average molecular weight is 329 g/mol. The van der Waals surface area contributed by atoms with Gasteiger partial charge in [0.1, 0.15) is 6.10 Å². The maximum absolute atomic E-state index is 11.9. The summed E-state index contributed by atoms with van der Waals surface area (Å²) in [4.78, 5) is 18.1. The number of hydrogen-bond donors (Lipinski definition) is 0. The smallest absolute Gasteiger partial charge is 0.340 e. The normalized spacial score (nSPS) is 18.0. The summed E-state index contributed by atoms with van der Waals surface area (Å²) in [5, 5.41) is 0. The molecule has 0 aliphatic carbocycles. The minimum atomic E-state index is -0.338. The molecule has 1 fully saturated rings. The Morgan fingerprint density at radius 3 is 2.95 bits per heavy atom. The molecule has 0 aromatic carbocycles. The number of esters is 1. The zero-order valence-electron chi connectivity index (χ0n) is 10.8. The van der Waals surface area contributed by atoms with Gasteiger partial charge in [-0.15, -0.1) is 0 Å². The Labute approximate surface area is 121 Å². The second-order valence-electron chi connectivity index (χ2n) is 4.52. The number of rotatable bonds is 4. The lowest BCUT2D eigenvalue weighted by atomic mass is 10.3. The van der Waals surface area contributed by atoms with Gasteiger partial charge in [-0.3, -0.25) is 9.88 Å². The van der Waals surface area contributed by atoms with Crippen molar-refractivity contribution in [2.45, 2.75) is 13.0 Å². The van der Waals surface area contributed by atoms with E-state index in [4.69, 9.17) is 9.47 Å². The molecular weight excluding hydrogens is 312 g/mol. The number of carbonyl (C=O) groups excluding carboxylic acids is 1. The third kappa shape index (κ3) is 4.56. The number of ether oxygens (including phenoxy) is 2. The van der Waals surface area contributed by atoms with Crippen LogP contribution in [-0.2, 0) is 9.47 Å². The van der Waals surface area contributed by atoms with E-state index in [0.29, 0.717) is 5.56 Å². The van der Waals surface area contributed by atoms with Gasteiger partial charge in [-0.1, -0.05) is 0 Å². The molecule has 0 amide bonds. The molecule has 5 nitrogen and oxygen atoms in total. The zero-order valence-corrected chi connectivity index (χ0v) is 12.4. The van der Waals surface area contributed by atoms with Crippen molar-refractivity contribution in [3.8, 4) is 0 Å². The number of carbonyl (C=O) groups is 1. The number of pyridine rings is 1. The molecule has 0 N–H and O–H groups in total. The summed E-state index contributed by atoms with van der Waals surface area (Å²) in [6, 6.07) is 1.71. The molecule has 1 atom stereocenters. The van der Waals surface area contributed by atoms with E-state index in [1.54, 1.807) is 12.3 Å². The van der Waals surface area contributed by atoms with Crippen molar-refractivity contribution < 1.29 is 14.3 Å². The van der Waals surface area contributed by atoms with Crippen LogP contribution in [0, 0.1) is 0 Å². The van der Waals surface area contributed by atoms with Crippen LogP contribution in [0.5, 0.6) is 0 Å². The van der Waals surface area contributed by atoms with Gasteiger partial charge in [-0.25, -0.2) is 4.79 Å². The van der Waals surface area contributed by atoms with Crippen molar-refractivity contribution in [2.75, 3.05) is 32.8 Å². The van der Waals surface area contributed by atoms with Gasteiger partial charge in [0.2, 0.25) is 0 Å². The lowest BCUT2D eigenvalue weighted by molar-refractivity contribution is 0.000421. The predicted molar refractivity (Wildman–Crippen MR) is 74.1 cm³/mol. The van der Waals surface area contributed by atoms with Gasteiger partial charge in [0.15, 0.2) is 0 Å². The summed E-state index contributed by atoms with van der Waals surface area (Å²) in [7, 11) is 0. The zero-order chi connectivity index (χ0) is 13.7. The number of hydrogen-bond acceptors (Lipinski definition) is 5. The van der Waals surface area contributed by atoms with E-state index in [-0.39, 0.29) is 12.1 Å². The van der Waals surface area contributed by atoms with Crippen LogP contribution < -0.4 is 0 Å². The summed E-state index contributed by atoms with van der Waals surface area (Å²) in [5.74, 6) is -0.338. The van der Waals surface area contributed by atoms with Gasteiger partial charge < -0.3 is 9.47 Å². The van der Waals surface area contributed by atoms with Crippen LogP contribution in [0.4, 0.5) is 0 Å². The third-order valence-electron chi connectivity index (χ3n) is 2.87. The van der Waals surface area contributed by atoms with Crippen LogP contribution in [0.2, 0.25) is 0 Å². The van der Waals surface area contributed by atoms with E-state index in [1.807, 2.05) is 6.92 Å². The van der Waals surface area contributed by atoms with Crippen molar-refractivity contribution in [2.24, 2.45) is 0 Å². The molecule has 1 aromatic heterocycles. The molecule has 6 heteroatoms. The molecule has 1 aliphatic rings. The highest BCUT2D eigenvalue weighted by atomic mass is 79.9. The van der Waals surface area contributed by atoms with E-state index >= 15 is 0 Å². The fourth-order valence-corrected chi connectivity index (χ4v) is 2.32. The molecule has 1 aromatic rings. The Hall–Kier alpha value is -0.980. The molecule has 0 unspecified atom stereocenters. The molecular formula is C13H17BrN2O3. The Bertz CT molecular complexity index is 436. The Morgan fingerprint density at radius 2 is 2.26 bits per heavy atom. The van der Waals surface area contributed by atoms with E-state index in [1.165, 1.54) is 6.20 Å². The molecule has 0 spiro atoms. The quantitative estimate of drug-likeness (QED) is 0.788.